The fraction of sp³-hybridized carbons (Fsp3) is 0.179. The van der Waals surface area contributed by atoms with Crippen molar-refractivity contribution in [3.8, 4) is 11.4 Å². The number of pyridine rings is 1. The Balaban J connectivity index is 1.31. The Hall–Kier alpha value is -4.99. The van der Waals surface area contributed by atoms with Gasteiger partial charge in [-0.2, -0.15) is 0 Å². The number of hydrogen-bond acceptors (Lipinski definition) is 9. The molecule has 0 spiro atoms. The van der Waals surface area contributed by atoms with Crippen molar-refractivity contribution in [2.45, 2.75) is 25.4 Å². The van der Waals surface area contributed by atoms with Crippen LogP contribution in [-0.2, 0) is 25.5 Å². The number of nitrogens with zero attached hydrogens (tertiary/aromatic N) is 4. The van der Waals surface area contributed by atoms with Crippen LogP contribution < -0.4 is 10.2 Å². The zero-order valence-electron chi connectivity index (χ0n) is 20.5. The molecule has 10 nitrogen and oxygen atoms in total. The number of hydrogen-bond donors (Lipinski definition) is 2. The summed E-state index contributed by atoms with van der Waals surface area (Å²) in [4.78, 5) is 9.85. The molecule has 38 heavy (non-hydrogen) atoms. The highest BCUT2D eigenvalue weighted by atomic mass is 16.7. The van der Waals surface area contributed by atoms with Gasteiger partial charge in [-0.15, -0.1) is 10.2 Å². The van der Waals surface area contributed by atoms with Crippen molar-refractivity contribution in [1.29, 1.82) is 0 Å². The van der Waals surface area contributed by atoms with Gasteiger partial charge in [0.05, 0.1) is 12.1 Å². The van der Waals surface area contributed by atoms with Crippen LogP contribution in [0.2, 0.25) is 0 Å². The molecule has 0 bridgehead atoms. The van der Waals surface area contributed by atoms with Crippen molar-refractivity contribution in [1.82, 2.24) is 20.2 Å². The summed E-state index contributed by atoms with van der Waals surface area (Å²) in [6.45, 7) is 0.674. The lowest BCUT2D eigenvalue weighted by Gasteiger charge is -2.26. The van der Waals surface area contributed by atoms with Crippen molar-refractivity contribution in [2.75, 3.05) is 17.0 Å². The van der Waals surface area contributed by atoms with E-state index in [1.165, 1.54) is 12.5 Å². The number of anilines is 2. The van der Waals surface area contributed by atoms with Gasteiger partial charge in [-0.25, -0.2) is 4.98 Å². The molecule has 0 saturated heterocycles. The van der Waals surface area contributed by atoms with Crippen molar-refractivity contribution in [3.05, 3.63) is 115 Å². The minimum absolute atomic E-state index is 0.154. The van der Waals surface area contributed by atoms with Crippen LogP contribution in [0.25, 0.3) is 11.4 Å². The highest BCUT2D eigenvalue weighted by Crippen LogP contribution is 2.31. The molecule has 2 aromatic heterocycles. The maximum atomic E-state index is 5.79. The number of H-pyrrole nitrogens is 1. The number of allylic oxidation sites excluding steroid dienone is 3. The summed E-state index contributed by atoms with van der Waals surface area (Å²) in [5.41, 5.74) is 3.00. The zero-order valence-corrected chi connectivity index (χ0v) is 20.5. The van der Waals surface area contributed by atoms with Gasteiger partial charge in [-0.3, -0.25) is 4.90 Å². The van der Waals surface area contributed by atoms with E-state index in [-0.39, 0.29) is 12.8 Å². The summed E-state index contributed by atoms with van der Waals surface area (Å²) in [6, 6.07) is 13.6. The normalized spacial score (nSPS) is 16.7. The average Bonchev–Trinajstić information content (AvgIpc) is 3.70. The van der Waals surface area contributed by atoms with Crippen molar-refractivity contribution in [2.24, 2.45) is 0 Å². The molecule has 0 amide bonds. The molecule has 1 unspecified atom stereocenters. The Labute approximate surface area is 219 Å². The summed E-state index contributed by atoms with van der Waals surface area (Å²) >= 11 is 0. The van der Waals surface area contributed by atoms with Gasteiger partial charge in [-0.05, 0) is 36.1 Å². The van der Waals surface area contributed by atoms with Crippen LogP contribution in [0.15, 0.2) is 109 Å². The molecule has 0 radical (unpaired) electrons. The Bertz CT molecular complexity index is 1430. The largest absolute Gasteiger partial charge is 0.466 e. The lowest BCUT2D eigenvalue weighted by Crippen LogP contribution is -2.27. The second kappa shape index (κ2) is 11.0. The third-order valence-electron chi connectivity index (χ3n) is 6.21. The molecule has 10 heteroatoms. The van der Waals surface area contributed by atoms with Crippen LogP contribution in [0, 0.1) is 0 Å². The van der Waals surface area contributed by atoms with Crippen molar-refractivity contribution >= 4 is 11.8 Å². The SMILES string of the molecule is C1=CCCC(C(Nc2ncccc2-c2nnc(N(Cc3ccccc3)C3=COCO3)[nH]2)C2=COC=CO2)=C1. The number of rotatable bonds is 9. The average molecular weight is 511 g/mol. The number of benzene rings is 1. The van der Waals surface area contributed by atoms with Crippen molar-refractivity contribution in [3.63, 3.8) is 0 Å². The second-order valence-electron chi connectivity index (χ2n) is 8.69. The maximum absolute atomic E-state index is 5.79. The third kappa shape index (κ3) is 5.10. The molecule has 0 saturated carbocycles. The molecule has 2 aliphatic heterocycles. The molecule has 6 rings (SSSR count). The molecule has 2 N–H and O–H groups in total. The highest BCUT2D eigenvalue weighted by molar-refractivity contribution is 5.71. The van der Waals surface area contributed by atoms with Crippen molar-refractivity contribution < 1.29 is 18.9 Å². The Morgan fingerprint density at radius 1 is 1.05 bits per heavy atom. The quantitative estimate of drug-likeness (QED) is 0.407. The summed E-state index contributed by atoms with van der Waals surface area (Å²) in [6.07, 6.45) is 16.1. The molecular formula is C28H26N6O4. The number of aromatic amines is 1. The molecule has 0 fully saturated rings. The van der Waals surface area contributed by atoms with E-state index >= 15 is 0 Å². The van der Waals surface area contributed by atoms with Gasteiger partial charge >= 0.3 is 0 Å². The monoisotopic (exact) mass is 510 g/mol. The van der Waals surface area contributed by atoms with Crippen LogP contribution in [0.4, 0.5) is 11.8 Å². The van der Waals surface area contributed by atoms with E-state index in [1.54, 1.807) is 18.7 Å². The Morgan fingerprint density at radius 2 is 2.00 bits per heavy atom. The topological polar surface area (TPSA) is 107 Å². The molecule has 4 heterocycles. The molecule has 1 aliphatic carbocycles. The van der Waals surface area contributed by atoms with Gasteiger partial charge in [0.15, 0.2) is 11.6 Å². The van der Waals surface area contributed by atoms with Gasteiger partial charge in [0.2, 0.25) is 18.6 Å². The first kappa shape index (κ1) is 23.4. The summed E-state index contributed by atoms with van der Waals surface area (Å²) in [7, 11) is 0. The first-order chi connectivity index (χ1) is 18.8. The van der Waals surface area contributed by atoms with E-state index in [0.717, 1.165) is 29.5 Å². The standard InChI is InChI=1S/C28H26N6O4/c1-3-8-20(9-4-1)16-34(24-18-36-19-38-24)28-31-27(32-33-28)22-12-7-13-29-26(22)30-25(21-10-5-2-6-11-21)23-17-35-14-15-37-23/h1-5,7-10,12-15,17-18,25H,6,11,16,19H2,(H,29,30)(H,31,32,33). The fourth-order valence-corrected chi connectivity index (χ4v) is 4.36. The van der Waals surface area contributed by atoms with Crippen LogP contribution in [-0.4, -0.2) is 33.0 Å². The van der Waals surface area contributed by atoms with E-state index in [4.69, 9.17) is 18.9 Å². The Kier molecular flexibility index (Phi) is 6.75. The highest BCUT2D eigenvalue weighted by Gasteiger charge is 2.26. The lowest BCUT2D eigenvalue weighted by atomic mass is 9.96. The third-order valence-corrected chi connectivity index (χ3v) is 6.21. The first-order valence-electron chi connectivity index (χ1n) is 12.3. The summed E-state index contributed by atoms with van der Waals surface area (Å²) in [5.74, 6) is 2.89. The smallest absolute Gasteiger partial charge is 0.235 e. The number of nitrogens with one attached hydrogen (secondary N) is 2. The van der Waals surface area contributed by atoms with Crippen LogP contribution in [0.1, 0.15) is 18.4 Å². The van der Waals surface area contributed by atoms with Crippen LogP contribution in [0.3, 0.4) is 0 Å². The molecule has 192 valence electrons. The van der Waals surface area contributed by atoms with E-state index in [0.29, 0.717) is 35.8 Å². The molecule has 1 atom stereocenters. The minimum Gasteiger partial charge on any atom is -0.466 e. The maximum Gasteiger partial charge on any atom is 0.235 e. The van der Waals surface area contributed by atoms with Crippen LogP contribution in [0.5, 0.6) is 0 Å². The predicted molar refractivity (Wildman–Crippen MR) is 141 cm³/mol. The molecule has 3 aliphatic rings. The van der Waals surface area contributed by atoms with Gasteiger partial charge in [0.1, 0.15) is 36.9 Å². The first-order valence-corrected chi connectivity index (χ1v) is 12.3. The van der Waals surface area contributed by atoms with Gasteiger partial charge in [0.25, 0.3) is 0 Å². The van der Waals surface area contributed by atoms with E-state index in [9.17, 15) is 0 Å². The zero-order chi connectivity index (χ0) is 25.6. The van der Waals surface area contributed by atoms with Gasteiger partial charge in [-0.1, -0.05) is 48.6 Å². The molecule has 3 aromatic rings. The van der Waals surface area contributed by atoms with E-state index in [1.807, 2.05) is 47.4 Å². The number of aromatic nitrogens is 4. The summed E-state index contributed by atoms with van der Waals surface area (Å²) in [5, 5.41) is 12.4. The van der Waals surface area contributed by atoms with Gasteiger partial charge in [0, 0.05) is 6.20 Å². The molecule has 1 aromatic carbocycles. The van der Waals surface area contributed by atoms with Crippen LogP contribution >= 0.6 is 0 Å². The number of ether oxygens (including phenoxy) is 4. The minimum atomic E-state index is -0.273. The fourth-order valence-electron chi connectivity index (χ4n) is 4.36. The summed E-state index contributed by atoms with van der Waals surface area (Å²) < 4.78 is 22.2. The van der Waals surface area contributed by atoms with Gasteiger partial charge < -0.3 is 29.2 Å². The Morgan fingerprint density at radius 3 is 2.79 bits per heavy atom. The van der Waals surface area contributed by atoms with E-state index in [2.05, 4.69) is 43.7 Å². The molecular weight excluding hydrogens is 484 g/mol. The predicted octanol–water partition coefficient (Wildman–Crippen LogP) is 5.09. The second-order valence-corrected chi connectivity index (χ2v) is 8.69. The lowest BCUT2D eigenvalue weighted by molar-refractivity contribution is 0.0780. The van der Waals surface area contributed by atoms with E-state index < -0.39 is 0 Å².